The van der Waals surface area contributed by atoms with Crippen molar-refractivity contribution in [2.75, 3.05) is 19.6 Å². The Bertz CT molecular complexity index is 115. The van der Waals surface area contributed by atoms with Gasteiger partial charge in [0.2, 0.25) is 0 Å². The molecule has 68 valence electrons. The fraction of sp³-hybridized carbons (Fsp3) is 0.667. The lowest BCUT2D eigenvalue weighted by atomic mass is 10.2. The molecule has 0 aromatic heterocycles. The lowest BCUT2D eigenvalue weighted by molar-refractivity contribution is 0.317. The standard InChI is InChI=1S/C6H12N2O.2ClH/c1-5(9)6-4-7-2-3-8-6;;/h6-9H,1-4H2;2*1H. The van der Waals surface area contributed by atoms with Crippen molar-refractivity contribution >= 4 is 24.8 Å². The van der Waals surface area contributed by atoms with Crippen LogP contribution in [0.15, 0.2) is 12.3 Å². The van der Waals surface area contributed by atoms with Gasteiger partial charge in [-0.15, -0.1) is 24.8 Å². The maximum Gasteiger partial charge on any atom is 0.103 e. The summed E-state index contributed by atoms with van der Waals surface area (Å²) in [6.45, 7) is 6.10. The Kier molecular flexibility index (Phi) is 8.33. The number of aliphatic hydroxyl groups excluding tert-OH is 1. The lowest BCUT2D eigenvalue weighted by Crippen LogP contribution is -2.48. The fourth-order valence-corrected chi connectivity index (χ4v) is 0.889. The maximum absolute atomic E-state index is 8.88. The second-order valence-electron chi connectivity index (χ2n) is 2.20. The van der Waals surface area contributed by atoms with Gasteiger partial charge in [-0.3, -0.25) is 0 Å². The van der Waals surface area contributed by atoms with Gasteiger partial charge in [0.05, 0.1) is 6.04 Å². The van der Waals surface area contributed by atoms with E-state index in [1.54, 1.807) is 0 Å². The molecule has 0 radical (unpaired) electrons. The van der Waals surface area contributed by atoms with Crippen LogP contribution in [-0.4, -0.2) is 30.8 Å². The molecule has 0 bridgehead atoms. The van der Waals surface area contributed by atoms with E-state index in [0.29, 0.717) is 0 Å². The van der Waals surface area contributed by atoms with E-state index >= 15 is 0 Å². The number of aliphatic hydroxyl groups is 1. The molecule has 1 unspecified atom stereocenters. The van der Waals surface area contributed by atoms with Gasteiger partial charge in [-0.05, 0) is 0 Å². The van der Waals surface area contributed by atoms with E-state index in [9.17, 15) is 0 Å². The first-order valence-electron chi connectivity index (χ1n) is 3.12. The van der Waals surface area contributed by atoms with Crippen molar-refractivity contribution in [3.05, 3.63) is 12.3 Å². The molecule has 1 aliphatic rings. The Morgan fingerprint density at radius 1 is 1.36 bits per heavy atom. The average molecular weight is 201 g/mol. The quantitative estimate of drug-likeness (QED) is 0.540. The lowest BCUT2D eigenvalue weighted by Gasteiger charge is -2.22. The molecule has 1 rings (SSSR count). The second kappa shape index (κ2) is 6.73. The highest BCUT2D eigenvalue weighted by atomic mass is 35.5. The molecule has 1 fully saturated rings. The molecule has 3 nitrogen and oxygen atoms in total. The number of piperazine rings is 1. The molecule has 3 N–H and O–H groups in total. The smallest absolute Gasteiger partial charge is 0.103 e. The minimum Gasteiger partial charge on any atom is -0.511 e. The van der Waals surface area contributed by atoms with Gasteiger partial charge in [0.1, 0.15) is 5.76 Å². The van der Waals surface area contributed by atoms with Crippen LogP contribution in [-0.2, 0) is 0 Å². The summed E-state index contributed by atoms with van der Waals surface area (Å²) in [5, 5.41) is 15.1. The van der Waals surface area contributed by atoms with Crippen LogP contribution in [0.2, 0.25) is 0 Å². The van der Waals surface area contributed by atoms with Gasteiger partial charge in [0, 0.05) is 19.6 Å². The summed E-state index contributed by atoms with van der Waals surface area (Å²) < 4.78 is 0. The van der Waals surface area contributed by atoms with E-state index in [2.05, 4.69) is 17.2 Å². The van der Waals surface area contributed by atoms with Crippen LogP contribution >= 0.6 is 24.8 Å². The molecule has 0 aliphatic carbocycles. The molecule has 0 saturated carbocycles. The molecule has 1 atom stereocenters. The highest BCUT2D eigenvalue weighted by molar-refractivity contribution is 5.85. The molecule has 0 amide bonds. The minimum absolute atomic E-state index is 0. The summed E-state index contributed by atoms with van der Waals surface area (Å²) in [5.41, 5.74) is 0. The van der Waals surface area contributed by atoms with E-state index in [1.165, 1.54) is 0 Å². The Morgan fingerprint density at radius 3 is 2.27 bits per heavy atom. The third-order valence-corrected chi connectivity index (χ3v) is 1.44. The summed E-state index contributed by atoms with van der Waals surface area (Å²) in [4.78, 5) is 0. The molecule has 11 heavy (non-hydrogen) atoms. The number of nitrogens with one attached hydrogen (secondary N) is 2. The van der Waals surface area contributed by atoms with Gasteiger partial charge in [0.15, 0.2) is 0 Å². The summed E-state index contributed by atoms with van der Waals surface area (Å²) in [6.07, 6.45) is 0. The average Bonchev–Trinajstić information content (AvgIpc) is 1.90. The predicted octanol–water partition coefficient (Wildman–Crippen LogP) is 0.463. The van der Waals surface area contributed by atoms with E-state index in [0.717, 1.165) is 19.6 Å². The van der Waals surface area contributed by atoms with Crippen molar-refractivity contribution in [2.45, 2.75) is 6.04 Å². The third-order valence-electron chi connectivity index (χ3n) is 1.44. The number of hydrogen-bond donors (Lipinski definition) is 3. The van der Waals surface area contributed by atoms with Gasteiger partial charge in [0.25, 0.3) is 0 Å². The summed E-state index contributed by atoms with van der Waals surface area (Å²) in [5.74, 6) is 0.224. The predicted molar refractivity (Wildman–Crippen MR) is 50.9 cm³/mol. The molecule has 0 aromatic carbocycles. The Labute approximate surface area is 79.1 Å². The first-order valence-corrected chi connectivity index (χ1v) is 3.12. The van der Waals surface area contributed by atoms with E-state index in [1.807, 2.05) is 0 Å². The van der Waals surface area contributed by atoms with Crippen molar-refractivity contribution in [3.63, 3.8) is 0 Å². The second-order valence-corrected chi connectivity index (χ2v) is 2.20. The molecule has 0 spiro atoms. The van der Waals surface area contributed by atoms with Crippen molar-refractivity contribution in [1.82, 2.24) is 10.6 Å². The maximum atomic E-state index is 8.88. The monoisotopic (exact) mass is 200 g/mol. The Morgan fingerprint density at radius 2 is 2.00 bits per heavy atom. The van der Waals surface area contributed by atoms with Crippen LogP contribution in [0.5, 0.6) is 0 Å². The Balaban J connectivity index is 0. The largest absolute Gasteiger partial charge is 0.511 e. The van der Waals surface area contributed by atoms with Crippen molar-refractivity contribution < 1.29 is 5.11 Å². The molecular formula is C6H14Cl2N2O. The van der Waals surface area contributed by atoms with Gasteiger partial charge in [-0.1, -0.05) is 6.58 Å². The van der Waals surface area contributed by atoms with Crippen molar-refractivity contribution in [3.8, 4) is 0 Å². The van der Waals surface area contributed by atoms with E-state index < -0.39 is 0 Å². The number of halogens is 2. The van der Waals surface area contributed by atoms with Gasteiger partial charge < -0.3 is 15.7 Å². The fourth-order valence-electron chi connectivity index (χ4n) is 0.889. The SMILES string of the molecule is C=C(O)C1CNCCN1.Cl.Cl. The summed E-state index contributed by atoms with van der Waals surface area (Å²) in [6, 6.07) is 0.0544. The first-order chi connectivity index (χ1) is 4.30. The van der Waals surface area contributed by atoms with Gasteiger partial charge in [-0.25, -0.2) is 0 Å². The molecule has 1 saturated heterocycles. The first kappa shape index (κ1) is 13.6. The summed E-state index contributed by atoms with van der Waals surface area (Å²) >= 11 is 0. The van der Waals surface area contributed by atoms with Gasteiger partial charge >= 0.3 is 0 Å². The number of hydrogen-bond acceptors (Lipinski definition) is 3. The highest BCUT2D eigenvalue weighted by Gasteiger charge is 2.13. The molecule has 1 heterocycles. The van der Waals surface area contributed by atoms with E-state index in [4.69, 9.17) is 5.11 Å². The molecule has 1 aliphatic heterocycles. The third kappa shape index (κ3) is 4.48. The van der Waals surface area contributed by atoms with Crippen molar-refractivity contribution in [1.29, 1.82) is 0 Å². The zero-order chi connectivity index (χ0) is 6.69. The molecule has 0 aromatic rings. The highest BCUT2D eigenvalue weighted by Crippen LogP contribution is 1.94. The van der Waals surface area contributed by atoms with Crippen LogP contribution < -0.4 is 10.6 Å². The van der Waals surface area contributed by atoms with Crippen LogP contribution in [0.25, 0.3) is 0 Å². The minimum atomic E-state index is 0. The normalized spacial score (nSPS) is 22.7. The van der Waals surface area contributed by atoms with Crippen LogP contribution in [0.4, 0.5) is 0 Å². The van der Waals surface area contributed by atoms with Gasteiger partial charge in [-0.2, -0.15) is 0 Å². The summed E-state index contributed by atoms with van der Waals surface area (Å²) in [7, 11) is 0. The van der Waals surface area contributed by atoms with E-state index in [-0.39, 0.29) is 36.6 Å². The van der Waals surface area contributed by atoms with Crippen LogP contribution in [0.1, 0.15) is 0 Å². The number of rotatable bonds is 1. The topological polar surface area (TPSA) is 44.3 Å². The zero-order valence-electron chi connectivity index (χ0n) is 6.17. The zero-order valence-corrected chi connectivity index (χ0v) is 7.80. The molecule has 5 heteroatoms. The molecular weight excluding hydrogens is 187 g/mol. The van der Waals surface area contributed by atoms with Crippen LogP contribution in [0, 0.1) is 0 Å². The van der Waals surface area contributed by atoms with Crippen molar-refractivity contribution in [2.24, 2.45) is 0 Å². The van der Waals surface area contributed by atoms with Crippen LogP contribution in [0.3, 0.4) is 0 Å². The Hall–Kier alpha value is 0.0400.